The summed E-state index contributed by atoms with van der Waals surface area (Å²) in [6.45, 7) is 4.91. The number of aryl methyl sites for hydroxylation is 1. The predicted molar refractivity (Wildman–Crippen MR) is 79.6 cm³/mol. The molecule has 4 heteroatoms. The van der Waals surface area contributed by atoms with Gasteiger partial charge in [0, 0.05) is 11.6 Å². The summed E-state index contributed by atoms with van der Waals surface area (Å²) in [4.78, 5) is 0. The molecule has 0 saturated carbocycles. The molecule has 2 aromatic rings. The van der Waals surface area contributed by atoms with E-state index in [-0.39, 0.29) is 16.9 Å². The zero-order valence-corrected chi connectivity index (χ0v) is 12.5. The lowest BCUT2D eigenvalue weighted by atomic mass is 10.0. The number of nitrogens with one attached hydrogen (secondary N) is 1. The van der Waals surface area contributed by atoms with E-state index in [0.717, 1.165) is 29.9 Å². The largest absolute Gasteiger partial charge is 0.469 e. The van der Waals surface area contributed by atoms with Crippen LogP contribution in [-0.2, 0) is 6.42 Å². The topological polar surface area (TPSA) is 25.2 Å². The first-order valence-corrected chi connectivity index (χ1v) is 7.21. The highest BCUT2D eigenvalue weighted by atomic mass is 35.5. The molecule has 1 N–H and O–H groups in total. The summed E-state index contributed by atoms with van der Waals surface area (Å²) in [5.74, 6) is 0.496. The molecule has 0 radical (unpaired) electrons. The van der Waals surface area contributed by atoms with Crippen molar-refractivity contribution in [1.82, 2.24) is 5.32 Å². The lowest BCUT2D eigenvalue weighted by Crippen LogP contribution is -2.23. The maximum absolute atomic E-state index is 13.5. The van der Waals surface area contributed by atoms with Crippen LogP contribution >= 0.6 is 11.6 Å². The first-order chi connectivity index (χ1) is 9.61. The van der Waals surface area contributed by atoms with Crippen LogP contribution in [0, 0.1) is 12.7 Å². The smallest absolute Gasteiger partial charge is 0.142 e. The predicted octanol–water partition coefficient (Wildman–Crippen LogP) is 4.66. The molecule has 108 valence electrons. The number of benzene rings is 1. The quantitative estimate of drug-likeness (QED) is 0.838. The molecule has 0 aliphatic carbocycles. The van der Waals surface area contributed by atoms with Gasteiger partial charge in [-0.15, -0.1) is 0 Å². The van der Waals surface area contributed by atoms with Gasteiger partial charge < -0.3 is 9.73 Å². The first-order valence-electron chi connectivity index (χ1n) is 6.83. The van der Waals surface area contributed by atoms with Crippen LogP contribution in [0.1, 0.15) is 36.3 Å². The number of hydrogen-bond donors (Lipinski definition) is 1. The first kappa shape index (κ1) is 15.1. The molecule has 0 amide bonds. The summed E-state index contributed by atoms with van der Waals surface area (Å²) in [6, 6.07) is 7.00. The average Bonchev–Trinajstić information content (AvgIpc) is 2.86. The second kappa shape index (κ2) is 6.91. The highest BCUT2D eigenvalue weighted by Gasteiger charge is 2.16. The van der Waals surface area contributed by atoms with Gasteiger partial charge in [-0.05, 0) is 44.0 Å². The van der Waals surface area contributed by atoms with Crippen LogP contribution in [0.25, 0.3) is 0 Å². The molecule has 0 fully saturated rings. The fraction of sp³-hybridized carbons (Fsp3) is 0.375. The Kier molecular flexibility index (Phi) is 5.21. The van der Waals surface area contributed by atoms with Crippen molar-refractivity contribution in [2.45, 2.75) is 32.7 Å². The van der Waals surface area contributed by atoms with E-state index in [0.29, 0.717) is 6.42 Å². The number of halogens is 2. The molecular formula is C16H19ClFNO. The molecule has 0 aliphatic rings. The molecule has 1 atom stereocenters. The molecular weight excluding hydrogens is 277 g/mol. The number of hydrogen-bond acceptors (Lipinski definition) is 2. The lowest BCUT2D eigenvalue weighted by Gasteiger charge is -2.18. The van der Waals surface area contributed by atoms with Crippen molar-refractivity contribution in [3.05, 3.63) is 58.3 Å². The minimum absolute atomic E-state index is 0.0756. The zero-order valence-electron chi connectivity index (χ0n) is 11.7. The second-order valence-corrected chi connectivity index (χ2v) is 5.29. The standard InChI is InChI=1S/C16H19ClFNO/c1-3-7-19-15(13-8-11(2)20-10-13)9-12-5-4-6-14(18)16(12)17/h4-6,8,10,15,19H,3,7,9H2,1-2H3. The summed E-state index contributed by atoms with van der Waals surface area (Å²) in [6.07, 6.45) is 3.41. The van der Waals surface area contributed by atoms with E-state index in [2.05, 4.69) is 12.2 Å². The van der Waals surface area contributed by atoms with E-state index in [1.165, 1.54) is 6.07 Å². The highest BCUT2D eigenvalue weighted by molar-refractivity contribution is 6.31. The van der Waals surface area contributed by atoms with Crippen molar-refractivity contribution in [1.29, 1.82) is 0 Å². The van der Waals surface area contributed by atoms with E-state index >= 15 is 0 Å². The van der Waals surface area contributed by atoms with Gasteiger partial charge >= 0.3 is 0 Å². The van der Waals surface area contributed by atoms with E-state index in [4.69, 9.17) is 16.0 Å². The normalized spacial score (nSPS) is 12.6. The summed E-state index contributed by atoms with van der Waals surface area (Å²) >= 11 is 6.04. The van der Waals surface area contributed by atoms with E-state index in [1.807, 2.05) is 19.1 Å². The van der Waals surface area contributed by atoms with Gasteiger partial charge in [-0.3, -0.25) is 0 Å². The zero-order chi connectivity index (χ0) is 14.5. The van der Waals surface area contributed by atoms with Crippen LogP contribution in [0.15, 0.2) is 34.9 Å². The monoisotopic (exact) mass is 295 g/mol. The SMILES string of the molecule is CCCNC(Cc1cccc(F)c1Cl)c1coc(C)c1. The molecule has 20 heavy (non-hydrogen) atoms. The maximum Gasteiger partial charge on any atom is 0.142 e. The van der Waals surface area contributed by atoms with Crippen LogP contribution in [0.3, 0.4) is 0 Å². The van der Waals surface area contributed by atoms with Crippen LogP contribution in [0.5, 0.6) is 0 Å². The summed E-state index contributed by atoms with van der Waals surface area (Å²) < 4.78 is 18.9. The van der Waals surface area contributed by atoms with Crippen molar-refractivity contribution in [3.63, 3.8) is 0 Å². The van der Waals surface area contributed by atoms with Crippen molar-refractivity contribution >= 4 is 11.6 Å². The van der Waals surface area contributed by atoms with Gasteiger partial charge in [-0.25, -0.2) is 4.39 Å². The highest BCUT2D eigenvalue weighted by Crippen LogP contribution is 2.26. The van der Waals surface area contributed by atoms with Crippen molar-refractivity contribution < 1.29 is 8.81 Å². The fourth-order valence-corrected chi connectivity index (χ4v) is 2.40. The minimum atomic E-state index is -0.373. The van der Waals surface area contributed by atoms with Gasteiger partial charge in [0.2, 0.25) is 0 Å². The van der Waals surface area contributed by atoms with E-state index in [1.54, 1.807) is 12.3 Å². The third-order valence-electron chi connectivity index (χ3n) is 3.25. The lowest BCUT2D eigenvalue weighted by molar-refractivity contribution is 0.503. The summed E-state index contributed by atoms with van der Waals surface area (Å²) in [5.41, 5.74) is 1.87. The Labute approximate surface area is 123 Å². The molecule has 0 aliphatic heterocycles. The minimum Gasteiger partial charge on any atom is -0.469 e. The Morgan fingerprint density at radius 2 is 2.20 bits per heavy atom. The van der Waals surface area contributed by atoms with Crippen molar-refractivity contribution in [2.24, 2.45) is 0 Å². The Balaban J connectivity index is 2.21. The van der Waals surface area contributed by atoms with E-state index in [9.17, 15) is 4.39 Å². The average molecular weight is 296 g/mol. The molecule has 1 aromatic carbocycles. The molecule has 1 unspecified atom stereocenters. The number of rotatable bonds is 6. The van der Waals surface area contributed by atoms with E-state index < -0.39 is 0 Å². The Bertz CT molecular complexity index is 567. The maximum atomic E-state index is 13.5. The van der Waals surface area contributed by atoms with Crippen LogP contribution in [0.2, 0.25) is 5.02 Å². The number of furan rings is 1. The summed E-state index contributed by atoms with van der Waals surface area (Å²) in [7, 11) is 0. The Morgan fingerprint density at radius 3 is 2.85 bits per heavy atom. The van der Waals surface area contributed by atoms with Crippen LogP contribution < -0.4 is 5.32 Å². The molecule has 2 nitrogen and oxygen atoms in total. The fourth-order valence-electron chi connectivity index (χ4n) is 2.20. The van der Waals surface area contributed by atoms with Gasteiger partial charge in [0.05, 0.1) is 11.3 Å². The molecule has 2 rings (SSSR count). The molecule has 0 bridgehead atoms. The van der Waals surface area contributed by atoms with Gasteiger partial charge in [-0.1, -0.05) is 30.7 Å². The second-order valence-electron chi connectivity index (χ2n) is 4.91. The van der Waals surface area contributed by atoms with Gasteiger partial charge in [0.25, 0.3) is 0 Å². The molecule has 1 aromatic heterocycles. The molecule has 1 heterocycles. The molecule has 0 spiro atoms. The van der Waals surface area contributed by atoms with Crippen molar-refractivity contribution in [2.75, 3.05) is 6.54 Å². The third-order valence-corrected chi connectivity index (χ3v) is 3.67. The van der Waals surface area contributed by atoms with Crippen LogP contribution in [0.4, 0.5) is 4.39 Å². The summed E-state index contributed by atoms with van der Waals surface area (Å²) in [5, 5.41) is 3.66. The van der Waals surface area contributed by atoms with Gasteiger partial charge in [-0.2, -0.15) is 0 Å². The van der Waals surface area contributed by atoms with Crippen LogP contribution in [-0.4, -0.2) is 6.54 Å². The molecule has 0 saturated heterocycles. The Hall–Kier alpha value is -1.32. The van der Waals surface area contributed by atoms with Crippen molar-refractivity contribution in [3.8, 4) is 0 Å². The van der Waals surface area contributed by atoms with Gasteiger partial charge in [0.15, 0.2) is 0 Å². The Morgan fingerprint density at radius 1 is 1.40 bits per heavy atom. The van der Waals surface area contributed by atoms with Gasteiger partial charge in [0.1, 0.15) is 11.6 Å². The third kappa shape index (κ3) is 3.62.